The zero-order valence-electron chi connectivity index (χ0n) is 15.9. The first-order valence-electron chi connectivity index (χ1n) is 8.88. The Morgan fingerprint density at radius 3 is 2.59 bits per heavy atom. The van der Waals surface area contributed by atoms with Gasteiger partial charge in [-0.1, -0.05) is 0 Å². The van der Waals surface area contributed by atoms with Gasteiger partial charge in [0.15, 0.2) is 11.5 Å². The first kappa shape index (κ1) is 19.0. The van der Waals surface area contributed by atoms with Crippen molar-refractivity contribution in [3.63, 3.8) is 0 Å². The molecule has 1 aliphatic rings. The molecule has 0 saturated heterocycles. The number of amides is 1. The number of rotatable bonds is 7. The van der Waals surface area contributed by atoms with Crippen LogP contribution in [0.4, 0.5) is 5.69 Å². The molecule has 7 nitrogen and oxygen atoms in total. The molecule has 1 aromatic heterocycles. The Hall–Kier alpha value is -2.80. The third kappa shape index (κ3) is 4.31. The van der Waals surface area contributed by atoms with Crippen molar-refractivity contribution in [2.45, 2.75) is 13.0 Å². The number of nitrogens with zero attached hydrogens (tertiary/aromatic N) is 2. The molecule has 1 N–H and O–H groups in total. The lowest BCUT2D eigenvalue weighted by Crippen LogP contribution is -2.36. The molecule has 0 radical (unpaired) electrons. The van der Waals surface area contributed by atoms with Crippen molar-refractivity contribution < 1.29 is 19.0 Å². The predicted molar refractivity (Wildman–Crippen MR) is 103 cm³/mol. The Morgan fingerprint density at radius 1 is 1.15 bits per heavy atom. The van der Waals surface area contributed by atoms with Gasteiger partial charge in [0, 0.05) is 38.6 Å². The van der Waals surface area contributed by atoms with Crippen molar-refractivity contribution in [2.75, 3.05) is 46.3 Å². The minimum Gasteiger partial charge on any atom is -0.493 e. The molecule has 0 spiro atoms. The summed E-state index contributed by atoms with van der Waals surface area (Å²) in [6, 6.07) is 7.57. The molecule has 1 amide bonds. The molecule has 0 bridgehead atoms. The summed E-state index contributed by atoms with van der Waals surface area (Å²) in [7, 11) is 4.90. The molecule has 0 aliphatic carbocycles. The van der Waals surface area contributed by atoms with Crippen LogP contribution in [-0.4, -0.2) is 56.8 Å². The molecular formula is C20H25N3O4. The van der Waals surface area contributed by atoms with Crippen molar-refractivity contribution in [1.82, 2.24) is 9.88 Å². The maximum absolute atomic E-state index is 12.9. The minimum atomic E-state index is -0.0779. The summed E-state index contributed by atoms with van der Waals surface area (Å²) in [5.74, 6) is 1.31. The van der Waals surface area contributed by atoms with Crippen LogP contribution in [0, 0.1) is 0 Å². The lowest BCUT2D eigenvalue weighted by molar-refractivity contribution is 0.0728. The van der Waals surface area contributed by atoms with Crippen molar-refractivity contribution >= 4 is 11.6 Å². The van der Waals surface area contributed by atoms with Crippen LogP contribution in [0.1, 0.15) is 21.6 Å². The first-order valence-corrected chi connectivity index (χ1v) is 8.88. The molecule has 0 unspecified atom stereocenters. The number of ether oxygens (including phenoxy) is 3. The number of aromatic nitrogens is 1. The molecular weight excluding hydrogens is 346 g/mol. The quantitative estimate of drug-likeness (QED) is 0.754. The van der Waals surface area contributed by atoms with Crippen molar-refractivity contribution in [2.24, 2.45) is 0 Å². The standard InChI is InChI=1S/C20H25N3O4/c1-25-9-7-21-16-4-6-22-17(12-16)20(24)23-8-5-14-10-18(26-2)19(27-3)11-15(14)13-23/h4,6,10-12H,5,7-9,13H2,1-3H3,(H,21,22). The van der Waals surface area contributed by atoms with Crippen LogP contribution in [0.25, 0.3) is 0 Å². The van der Waals surface area contributed by atoms with Crippen LogP contribution in [0.5, 0.6) is 11.5 Å². The first-order chi connectivity index (χ1) is 13.2. The van der Waals surface area contributed by atoms with E-state index in [1.807, 2.05) is 23.1 Å². The van der Waals surface area contributed by atoms with Gasteiger partial charge in [-0.05, 0) is 41.8 Å². The van der Waals surface area contributed by atoms with Gasteiger partial charge in [0.1, 0.15) is 5.69 Å². The smallest absolute Gasteiger partial charge is 0.272 e. The summed E-state index contributed by atoms with van der Waals surface area (Å²) >= 11 is 0. The normalized spacial score (nSPS) is 13.1. The summed E-state index contributed by atoms with van der Waals surface area (Å²) in [6.45, 7) is 2.44. The third-order valence-electron chi connectivity index (χ3n) is 4.62. The fraction of sp³-hybridized carbons (Fsp3) is 0.400. The van der Waals surface area contributed by atoms with Gasteiger partial charge in [0.2, 0.25) is 0 Å². The van der Waals surface area contributed by atoms with E-state index < -0.39 is 0 Å². The zero-order chi connectivity index (χ0) is 19.2. The number of methoxy groups -OCH3 is 3. The second-order valence-corrected chi connectivity index (χ2v) is 6.30. The van der Waals surface area contributed by atoms with Crippen LogP contribution in [-0.2, 0) is 17.7 Å². The predicted octanol–water partition coefficient (Wildman–Crippen LogP) is 2.36. The van der Waals surface area contributed by atoms with Crippen molar-refractivity contribution in [1.29, 1.82) is 0 Å². The Labute approximate surface area is 159 Å². The van der Waals surface area contributed by atoms with Crippen LogP contribution in [0.3, 0.4) is 0 Å². The molecule has 3 rings (SSSR count). The monoisotopic (exact) mass is 371 g/mol. The van der Waals surface area contributed by atoms with E-state index in [2.05, 4.69) is 10.3 Å². The number of carbonyl (C=O) groups excluding carboxylic acids is 1. The van der Waals surface area contributed by atoms with Crippen molar-refractivity contribution in [3.8, 4) is 11.5 Å². The van der Waals surface area contributed by atoms with E-state index in [1.54, 1.807) is 33.6 Å². The summed E-state index contributed by atoms with van der Waals surface area (Å²) in [5.41, 5.74) is 3.54. The fourth-order valence-corrected chi connectivity index (χ4v) is 3.17. The molecule has 144 valence electrons. The van der Waals surface area contributed by atoms with E-state index in [1.165, 1.54) is 5.56 Å². The number of nitrogens with one attached hydrogen (secondary N) is 1. The van der Waals surface area contributed by atoms with Gasteiger partial charge >= 0.3 is 0 Å². The van der Waals surface area contributed by atoms with E-state index in [0.717, 1.165) is 17.7 Å². The van der Waals surface area contributed by atoms with Crippen molar-refractivity contribution in [3.05, 3.63) is 47.3 Å². The number of benzene rings is 1. The maximum Gasteiger partial charge on any atom is 0.272 e. The molecule has 0 fully saturated rings. The summed E-state index contributed by atoms with van der Waals surface area (Å²) in [4.78, 5) is 19.0. The Kier molecular flexibility index (Phi) is 6.13. The molecule has 2 heterocycles. The van der Waals surface area contributed by atoms with Gasteiger partial charge in [-0.25, -0.2) is 0 Å². The van der Waals surface area contributed by atoms with E-state index >= 15 is 0 Å². The van der Waals surface area contributed by atoms with E-state index in [4.69, 9.17) is 14.2 Å². The largest absolute Gasteiger partial charge is 0.493 e. The molecule has 2 aromatic rings. The molecule has 0 saturated carbocycles. The van der Waals surface area contributed by atoms with Gasteiger partial charge in [-0.2, -0.15) is 0 Å². The molecule has 7 heteroatoms. The van der Waals surface area contributed by atoms with Gasteiger partial charge in [-0.15, -0.1) is 0 Å². The highest BCUT2D eigenvalue weighted by atomic mass is 16.5. The molecule has 1 aromatic carbocycles. The topological polar surface area (TPSA) is 72.9 Å². The minimum absolute atomic E-state index is 0.0779. The van der Waals surface area contributed by atoms with Crippen LogP contribution in [0.15, 0.2) is 30.5 Å². The highest BCUT2D eigenvalue weighted by Crippen LogP contribution is 2.33. The lowest BCUT2D eigenvalue weighted by Gasteiger charge is -2.29. The fourth-order valence-electron chi connectivity index (χ4n) is 3.17. The summed E-state index contributed by atoms with van der Waals surface area (Å²) in [5, 5.41) is 3.22. The van der Waals surface area contributed by atoms with E-state index in [9.17, 15) is 4.79 Å². The number of hydrogen-bond acceptors (Lipinski definition) is 6. The van der Waals surface area contributed by atoms with Gasteiger partial charge in [0.05, 0.1) is 20.8 Å². The zero-order valence-corrected chi connectivity index (χ0v) is 15.9. The summed E-state index contributed by atoms with van der Waals surface area (Å²) in [6.07, 6.45) is 2.42. The molecule has 1 aliphatic heterocycles. The van der Waals surface area contributed by atoms with Crippen LogP contribution in [0.2, 0.25) is 0 Å². The molecule has 0 atom stereocenters. The second-order valence-electron chi connectivity index (χ2n) is 6.30. The van der Waals surface area contributed by atoms with Crippen LogP contribution >= 0.6 is 0 Å². The SMILES string of the molecule is COCCNc1ccnc(C(=O)N2CCc3cc(OC)c(OC)cc3C2)c1. The number of carbonyl (C=O) groups is 1. The second kappa shape index (κ2) is 8.73. The van der Waals surface area contributed by atoms with E-state index in [-0.39, 0.29) is 5.91 Å². The average Bonchev–Trinajstić information content (AvgIpc) is 2.72. The summed E-state index contributed by atoms with van der Waals surface area (Å²) < 4.78 is 15.8. The number of fused-ring (bicyclic) bond motifs is 1. The van der Waals surface area contributed by atoms with Gasteiger partial charge in [0.25, 0.3) is 5.91 Å². The highest BCUT2D eigenvalue weighted by molar-refractivity contribution is 5.93. The Morgan fingerprint density at radius 2 is 1.89 bits per heavy atom. The Balaban J connectivity index is 1.75. The van der Waals surface area contributed by atoms with Crippen LogP contribution < -0.4 is 14.8 Å². The number of hydrogen-bond donors (Lipinski definition) is 1. The average molecular weight is 371 g/mol. The Bertz CT molecular complexity index is 810. The molecule has 27 heavy (non-hydrogen) atoms. The highest BCUT2D eigenvalue weighted by Gasteiger charge is 2.24. The van der Waals surface area contributed by atoms with Gasteiger partial charge in [-0.3, -0.25) is 9.78 Å². The number of pyridine rings is 1. The van der Waals surface area contributed by atoms with Gasteiger partial charge < -0.3 is 24.4 Å². The lowest BCUT2D eigenvalue weighted by atomic mass is 9.98. The number of anilines is 1. The maximum atomic E-state index is 12.9. The van der Waals surface area contributed by atoms with E-state index in [0.29, 0.717) is 43.4 Å². The third-order valence-corrected chi connectivity index (χ3v) is 4.62.